The monoisotopic (exact) mass is 456 g/mol. The quantitative estimate of drug-likeness (QED) is 0.481. The highest BCUT2D eigenvalue weighted by molar-refractivity contribution is 5.85. The number of nitrogens with two attached hydrogens (primary N) is 1. The molecule has 0 spiro atoms. The van der Waals surface area contributed by atoms with E-state index in [1.54, 1.807) is 36.9 Å². The van der Waals surface area contributed by atoms with Crippen LogP contribution >= 0.6 is 0 Å². The van der Waals surface area contributed by atoms with Crippen molar-refractivity contribution in [2.24, 2.45) is 11.7 Å². The summed E-state index contributed by atoms with van der Waals surface area (Å²) in [5, 5.41) is 2.65. The van der Waals surface area contributed by atoms with Gasteiger partial charge in [0.05, 0.1) is 13.1 Å². The lowest BCUT2D eigenvalue weighted by Gasteiger charge is -2.47. The molecule has 3 N–H and O–H groups in total. The Bertz CT molecular complexity index is 968. The van der Waals surface area contributed by atoms with Crippen LogP contribution in [0.5, 0.6) is 5.75 Å². The predicted molar refractivity (Wildman–Crippen MR) is 121 cm³/mol. The highest BCUT2D eigenvalue weighted by Gasteiger charge is 2.51. The highest BCUT2D eigenvalue weighted by atomic mass is 16.6. The molecule has 1 aromatic rings. The molecule has 2 aliphatic rings. The van der Waals surface area contributed by atoms with E-state index < -0.39 is 35.7 Å². The van der Waals surface area contributed by atoms with Gasteiger partial charge >= 0.3 is 5.97 Å². The van der Waals surface area contributed by atoms with Crippen molar-refractivity contribution in [2.45, 2.75) is 70.7 Å². The van der Waals surface area contributed by atoms with Crippen LogP contribution < -0.4 is 15.8 Å². The van der Waals surface area contributed by atoms with Crippen LogP contribution in [0.15, 0.2) is 18.2 Å². The summed E-state index contributed by atoms with van der Waals surface area (Å²) in [6.45, 7) is 15.2. The maximum absolute atomic E-state index is 13.3. The Morgan fingerprint density at radius 3 is 2.70 bits per heavy atom. The molecule has 3 rings (SSSR count). The number of hydrogen-bond donors (Lipinski definition) is 2. The Balaban J connectivity index is 2.01. The molecule has 1 fully saturated rings. The van der Waals surface area contributed by atoms with Gasteiger partial charge in [-0.2, -0.15) is 0 Å². The third-order valence-corrected chi connectivity index (χ3v) is 5.99. The molecule has 9 heteroatoms. The molecule has 0 radical (unpaired) electrons. The van der Waals surface area contributed by atoms with Gasteiger partial charge in [-0.15, -0.1) is 0 Å². The smallest absolute Gasteiger partial charge is 0.329 e. The van der Waals surface area contributed by atoms with Crippen molar-refractivity contribution in [1.29, 1.82) is 0 Å². The van der Waals surface area contributed by atoms with Gasteiger partial charge in [0.1, 0.15) is 23.4 Å². The Hall–Kier alpha value is -3.12. The van der Waals surface area contributed by atoms with Crippen LogP contribution in [0.2, 0.25) is 0 Å². The minimum Gasteiger partial charge on any atom is -0.484 e. The number of benzene rings is 1. The molecule has 1 aromatic carbocycles. The summed E-state index contributed by atoms with van der Waals surface area (Å²) in [6, 6.07) is 3.60. The predicted octanol–water partition coefficient (Wildman–Crippen LogP) is 2.47. The first-order valence-corrected chi connectivity index (χ1v) is 11.3. The average molecular weight is 457 g/mol. The maximum atomic E-state index is 13.3. The molecule has 9 nitrogen and oxygen atoms in total. The minimum absolute atomic E-state index is 0.0342. The lowest BCUT2D eigenvalue weighted by Crippen LogP contribution is -2.57. The summed E-state index contributed by atoms with van der Waals surface area (Å²) < 4.78 is 12.2. The molecule has 0 saturated carbocycles. The zero-order chi connectivity index (χ0) is 24.3. The molecule has 1 unspecified atom stereocenters. The molecule has 0 bridgehead atoms. The van der Waals surface area contributed by atoms with Crippen molar-refractivity contribution in [2.75, 3.05) is 13.1 Å². The van der Waals surface area contributed by atoms with E-state index in [0.717, 1.165) is 0 Å². The second-order valence-electron chi connectivity index (χ2n) is 9.49. The van der Waals surface area contributed by atoms with Crippen LogP contribution in [0.3, 0.4) is 0 Å². The first-order chi connectivity index (χ1) is 15.6. The van der Waals surface area contributed by atoms with Crippen LogP contribution in [-0.4, -0.2) is 53.5 Å². The second kappa shape index (κ2) is 9.79. The summed E-state index contributed by atoms with van der Waals surface area (Å²) in [4.78, 5) is 43.2. The van der Waals surface area contributed by atoms with Gasteiger partial charge in [-0.3, -0.25) is 9.59 Å². The topological polar surface area (TPSA) is 115 Å². The van der Waals surface area contributed by atoms with E-state index >= 15 is 0 Å². The molecule has 0 aliphatic carbocycles. The Kier molecular flexibility index (Phi) is 7.28. The summed E-state index contributed by atoms with van der Waals surface area (Å²) in [7, 11) is 0. The number of esters is 1. The fourth-order valence-electron chi connectivity index (χ4n) is 4.46. The number of nitrogens with one attached hydrogen (secondary N) is 1. The molecule has 2 aliphatic heterocycles. The number of carbonyl (C=O) groups is 3. The minimum atomic E-state index is -0.962. The lowest BCUT2D eigenvalue weighted by molar-refractivity contribution is -0.176. The van der Waals surface area contributed by atoms with Gasteiger partial charge in [0.25, 0.3) is 0 Å². The number of rotatable bonds is 7. The number of ether oxygens (including phenoxy) is 2. The fraction of sp³-hybridized carbons (Fsp3) is 0.583. The molecular weight excluding hydrogens is 424 g/mol. The van der Waals surface area contributed by atoms with Gasteiger partial charge in [0.2, 0.25) is 11.8 Å². The van der Waals surface area contributed by atoms with Gasteiger partial charge in [0.15, 0.2) is 11.8 Å². The van der Waals surface area contributed by atoms with Crippen LogP contribution in [0, 0.1) is 12.5 Å². The Morgan fingerprint density at radius 2 is 2.12 bits per heavy atom. The number of carbonyl (C=O) groups excluding carboxylic acids is 3. The van der Waals surface area contributed by atoms with E-state index in [2.05, 4.69) is 10.2 Å². The SMILES string of the molecule is [C-]#[N+]c1ccc2c(c1)[C@@H](N1CCCC1=O)[C@H](OC(=O)C(CC(C)C)NC(=O)CN)C(C)(C)O2. The normalized spacial score (nSPS) is 22.2. The van der Waals surface area contributed by atoms with Crippen LogP contribution in [0.25, 0.3) is 4.85 Å². The molecule has 178 valence electrons. The molecule has 3 atom stereocenters. The third-order valence-electron chi connectivity index (χ3n) is 5.99. The number of nitrogens with zero attached hydrogens (tertiary/aromatic N) is 2. The summed E-state index contributed by atoms with van der Waals surface area (Å²) in [5.74, 6) is -0.412. The molecule has 2 amide bonds. The zero-order valence-corrected chi connectivity index (χ0v) is 19.6. The molecule has 0 aromatic heterocycles. The largest absolute Gasteiger partial charge is 0.484 e. The van der Waals surface area contributed by atoms with Crippen LogP contribution in [-0.2, 0) is 19.1 Å². The fourth-order valence-corrected chi connectivity index (χ4v) is 4.46. The average Bonchev–Trinajstić information content (AvgIpc) is 3.18. The van der Waals surface area contributed by atoms with Gasteiger partial charge in [0, 0.05) is 18.5 Å². The van der Waals surface area contributed by atoms with Gasteiger partial charge in [-0.1, -0.05) is 19.9 Å². The van der Waals surface area contributed by atoms with Crippen molar-refractivity contribution >= 4 is 23.5 Å². The summed E-state index contributed by atoms with van der Waals surface area (Å²) in [5.41, 5.74) is 5.51. The van der Waals surface area contributed by atoms with Gasteiger partial charge < -0.3 is 25.4 Å². The lowest BCUT2D eigenvalue weighted by atomic mass is 9.85. The van der Waals surface area contributed by atoms with E-state index in [0.29, 0.717) is 42.8 Å². The molecular formula is C24H32N4O5. The van der Waals surface area contributed by atoms with Crippen LogP contribution in [0.1, 0.15) is 58.6 Å². The first kappa shape index (κ1) is 24.5. The number of fused-ring (bicyclic) bond motifs is 1. The van der Waals surface area contributed by atoms with Gasteiger partial charge in [-0.25, -0.2) is 9.64 Å². The van der Waals surface area contributed by atoms with Crippen molar-refractivity contribution in [1.82, 2.24) is 10.2 Å². The van der Waals surface area contributed by atoms with Crippen molar-refractivity contribution in [3.63, 3.8) is 0 Å². The third kappa shape index (κ3) is 5.28. The van der Waals surface area contributed by atoms with E-state index in [1.807, 2.05) is 13.8 Å². The highest BCUT2D eigenvalue weighted by Crippen LogP contribution is 2.46. The maximum Gasteiger partial charge on any atom is 0.329 e. The van der Waals surface area contributed by atoms with E-state index in [9.17, 15) is 14.4 Å². The Labute approximate surface area is 194 Å². The van der Waals surface area contributed by atoms with E-state index in [-0.39, 0.29) is 18.4 Å². The van der Waals surface area contributed by atoms with E-state index in [4.69, 9.17) is 21.8 Å². The van der Waals surface area contributed by atoms with Crippen molar-refractivity contribution < 1.29 is 23.9 Å². The number of hydrogen-bond acceptors (Lipinski definition) is 6. The summed E-state index contributed by atoms with van der Waals surface area (Å²) in [6.07, 6.45) is 0.658. The molecule has 1 saturated heterocycles. The van der Waals surface area contributed by atoms with Crippen molar-refractivity contribution in [3.8, 4) is 5.75 Å². The number of amides is 2. The Morgan fingerprint density at radius 1 is 1.39 bits per heavy atom. The van der Waals surface area contributed by atoms with Crippen LogP contribution in [0.4, 0.5) is 5.69 Å². The second-order valence-corrected chi connectivity index (χ2v) is 9.49. The molecule has 33 heavy (non-hydrogen) atoms. The van der Waals surface area contributed by atoms with Gasteiger partial charge in [-0.05, 0) is 44.7 Å². The standard InChI is InChI=1S/C24H32N4O5/c1-14(2)11-17(27-19(29)13-25)23(31)32-22-21(28-10-6-7-20(28)30)16-12-15(26-5)8-9-18(16)33-24(22,3)4/h8-9,12,14,17,21-22H,6-7,10-11,13,25H2,1-4H3,(H,27,29)/t17?,21-,22+/m1/s1. The number of likely N-dealkylation sites (tertiary alicyclic amines) is 1. The molecule has 2 heterocycles. The van der Waals surface area contributed by atoms with Crippen molar-refractivity contribution in [3.05, 3.63) is 35.2 Å². The van der Waals surface area contributed by atoms with E-state index in [1.165, 1.54) is 0 Å². The first-order valence-electron chi connectivity index (χ1n) is 11.3. The summed E-state index contributed by atoms with van der Waals surface area (Å²) >= 11 is 0. The zero-order valence-electron chi connectivity index (χ0n) is 19.6.